The molecule has 1 fully saturated rings. The first-order valence-electron chi connectivity index (χ1n) is 6.44. The first kappa shape index (κ1) is 12.4. The van der Waals surface area contributed by atoms with Crippen molar-refractivity contribution in [2.45, 2.75) is 12.8 Å². The molecule has 0 radical (unpaired) electrons. The Morgan fingerprint density at radius 1 is 1.42 bits per heavy atom. The van der Waals surface area contributed by atoms with Crippen molar-refractivity contribution in [2.75, 3.05) is 18.4 Å². The molecule has 1 aliphatic rings. The monoisotopic (exact) mass is 276 g/mol. The second kappa shape index (κ2) is 5.54. The third-order valence-electron chi connectivity index (χ3n) is 3.33. The van der Waals surface area contributed by atoms with Gasteiger partial charge in [-0.2, -0.15) is 5.10 Å². The van der Waals surface area contributed by atoms with E-state index in [0.717, 1.165) is 36.5 Å². The van der Waals surface area contributed by atoms with Gasteiger partial charge in [-0.05, 0) is 37.4 Å². The summed E-state index contributed by atoms with van der Waals surface area (Å²) in [7, 11) is 0. The van der Waals surface area contributed by atoms with Crippen molar-refractivity contribution >= 4 is 23.1 Å². The SMILES string of the molecule is O=C(Nc1cc(-c2cccs2)[nH]n1)C1CCNCC1. The topological polar surface area (TPSA) is 69.8 Å². The van der Waals surface area contributed by atoms with E-state index in [4.69, 9.17) is 0 Å². The van der Waals surface area contributed by atoms with Crippen LogP contribution in [0.5, 0.6) is 0 Å². The highest BCUT2D eigenvalue weighted by atomic mass is 32.1. The Morgan fingerprint density at radius 3 is 3.00 bits per heavy atom. The smallest absolute Gasteiger partial charge is 0.228 e. The lowest BCUT2D eigenvalue weighted by molar-refractivity contribution is -0.120. The van der Waals surface area contributed by atoms with Gasteiger partial charge in [0.25, 0.3) is 0 Å². The Morgan fingerprint density at radius 2 is 2.26 bits per heavy atom. The van der Waals surface area contributed by atoms with Crippen LogP contribution in [-0.2, 0) is 4.79 Å². The highest BCUT2D eigenvalue weighted by Crippen LogP contribution is 2.24. The Balaban J connectivity index is 1.65. The third-order valence-corrected chi connectivity index (χ3v) is 4.23. The fourth-order valence-electron chi connectivity index (χ4n) is 2.26. The van der Waals surface area contributed by atoms with Crippen molar-refractivity contribution in [3.63, 3.8) is 0 Å². The van der Waals surface area contributed by atoms with E-state index >= 15 is 0 Å². The average molecular weight is 276 g/mol. The lowest BCUT2D eigenvalue weighted by Gasteiger charge is -2.21. The minimum atomic E-state index is 0.0747. The normalized spacial score (nSPS) is 16.4. The molecule has 0 spiro atoms. The highest BCUT2D eigenvalue weighted by molar-refractivity contribution is 7.13. The standard InChI is InChI=1S/C13H16N4OS/c18-13(9-3-5-14-6-4-9)15-12-8-10(16-17-12)11-2-1-7-19-11/h1-2,7-9,14H,3-6H2,(H2,15,16,17,18). The van der Waals surface area contributed by atoms with Gasteiger partial charge in [0.05, 0.1) is 10.6 Å². The molecule has 3 rings (SSSR count). The molecule has 1 amide bonds. The summed E-state index contributed by atoms with van der Waals surface area (Å²) >= 11 is 1.64. The molecular weight excluding hydrogens is 260 g/mol. The van der Waals surface area contributed by atoms with Crippen LogP contribution in [0.2, 0.25) is 0 Å². The summed E-state index contributed by atoms with van der Waals surface area (Å²) < 4.78 is 0. The molecule has 19 heavy (non-hydrogen) atoms. The van der Waals surface area contributed by atoms with Crippen LogP contribution in [0.3, 0.4) is 0 Å². The summed E-state index contributed by atoms with van der Waals surface area (Å²) in [6.45, 7) is 1.83. The molecule has 3 N–H and O–H groups in total. The number of carbonyl (C=O) groups is 1. The zero-order valence-corrected chi connectivity index (χ0v) is 11.3. The second-order valence-electron chi connectivity index (χ2n) is 4.66. The van der Waals surface area contributed by atoms with E-state index in [9.17, 15) is 4.79 Å². The number of amides is 1. The van der Waals surface area contributed by atoms with Crippen LogP contribution in [0, 0.1) is 5.92 Å². The van der Waals surface area contributed by atoms with E-state index in [1.54, 1.807) is 11.3 Å². The predicted molar refractivity (Wildman–Crippen MR) is 76.1 cm³/mol. The Labute approximate surface area is 115 Å². The summed E-state index contributed by atoms with van der Waals surface area (Å²) in [6, 6.07) is 5.90. The summed E-state index contributed by atoms with van der Waals surface area (Å²) in [5.41, 5.74) is 0.940. The number of rotatable bonds is 3. The fraction of sp³-hybridized carbons (Fsp3) is 0.385. The molecule has 1 aliphatic heterocycles. The van der Waals surface area contributed by atoms with Gasteiger partial charge >= 0.3 is 0 Å². The number of piperidine rings is 1. The van der Waals surface area contributed by atoms with E-state index in [2.05, 4.69) is 20.8 Å². The van der Waals surface area contributed by atoms with Crippen molar-refractivity contribution in [3.05, 3.63) is 23.6 Å². The van der Waals surface area contributed by atoms with Crippen molar-refractivity contribution in [3.8, 4) is 10.6 Å². The van der Waals surface area contributed by atoms with Gasteiger partial charge in [-0.15, -0.1) is 11.3 Å². The molecule has 0 aromatic carbocycles. The number of hydrogen-bond acceptors (Lipinski definition) is 4. The zero-order valence-electron chi connectivity index (χ0n) is 10.5. The van der Waals surface area contributed by atoms with Crippen LogP contribution in [0.25, 0.3) is 10.6 Å². The molecule has 0 aliphatic carbocycles. The van der Waals surface area contributed by atoms with E-state index < -0.39 is 0 Å². The molecule has 3 heterocycles. The molecule has 100 valence electrons. The summed E-state index contributed by atoms with van der Waals surface area (Å²) in [6.07, 6.45) is 1.79. The van der Waals surface area contributed by atoms with Crippen molar-refractivity contribution in [2.24, 2.45) is 5.92 Å². The Bertz CT molecular complexity index is 543. The van der Waals surface area contributed by atoms with Crippen molar-refractivity contribution in [1.29, 1.82) is 0 Å². The zero-order chi connectivity index (χ0) is 13.1. The Kier molecular flexibility index (Phi) is 3.61. The number of nitrogens with zero attached hydrogens (tertiary/aromatic N) is 1. The molecule has 5 nitrogen and oxygen atoms in total. The maximum absolute atomic E-state index is 12.1. The lowest BCUT2D eigenvalue weighted by atomic mass is 9.97. The number of hydrogen-bond donors (Lipinski definition) is 3. The average Bonchev–Trinajstić information content (AvgIpc) is 3.10. The van der Waals surface area contributed by atoms with Gasteiger partial charge in [0, 0.05) is 12.0 Å². The number of aromatic nitrogens is 2. The van der Waals surface area contributed by atoms with Crippen LogP contribution in [0.1, 0.15) is 12.8 Å². The van der Waals surface area contributed by atoms with E-state index in [0.29, 0.717) is 5.82 Å². The van der Waals surface area contributed by atoms with E-state index in [-0.39, 0.29) is 11.8 Å². The van der Waals surface area contributed by atoms with Gasteiger partial charge < -0.3 is 10.6 Å². The maximum atomic E-state index is 12.1. The predicted octanol–water partition coefficient (Wildman–Crippen LogP) is 2.08. The number of H-pyrrole nitrogens is 1. The van der Waals surface area contributed by atoms with Crippen LogP contribution in [-0.4, -0.2) is 29.2 Å². The minimum absolute atomic E-state index is 0.0747. The first-order valence-corrected chi connectivity index (χ1v) is 7.32. The van der Waals surface area contributed by atoms with E-state index in [1.165, 1.54) is 0 Å². The lowest BCUT2D eigenvalue weighted by Crippen LogP contribution is -2.34. The minimum Gasteiger partial charge on any atom is -0.317 e. The quantitative estimate of drug-likeness (QED) is 0.804. The van der Waals surface area contributed by atoms with Crippen molar-refractivity contribution in [1.82, 2.24) is 15.5 Å². The van der Waals surface area contributed by atoms with Crippen LogP contribution in [0.15, 0.2) is 23.6 Å². The molecule has 2 aromatic heterocycles. The molecule has 0 atom stereocenters. The van der Waals surface area contributed by atoms with Crippen LogP contribution in [0.4, 0.5) is 5.82 Å². The molecule has 1 saturated heterocycles. The number of thiophene rings is 1. The summed E-state index contributed by atoms with van der Waals surface area (Å²) in [5.74, 6) is 0.779. The molecule has 2 aromatic rings. The second-order valence-corrected chi connectivity index (χ2v) is 5.61. The van der Waals surface area contributed by atoms with Gasteiger partial charge in [-0.25, -0.2) is 0 Å². The number of carbonyl (C=O) groups excluding carboxylic acids is 1. The van der Waals surface area contributed by atoms with Crippen LogP contribution >= 0.6 is 11.3 Å². The third kappa shape index (κ3) is 2.85. The number of aromatic amines is 1. The number of nitrogens with one attached hydrogen (secondary N) is 3. The Hall–Kier alpha value is -1.66. The largest absolute Gasteiger partial charge is 0.317 e. The molecular formula is C13H16N4OS. The maximum Gasteiger partial charge on any atom is 0.228 e. The van der Waals surface area contributed by atoms with E-state index in [1.807, 2.05) is 23.6 Å². The molecule has 0 unspecified atom stereocenters. The van der Waals surface area contributed by atoms with Crippen molar-refractivity contribution < 1.29 is 4.79 Å². The molecule has 0 bridgehead atoms. The molecule has 0 saturated carbocycles. The summed E-state index contributed by atoms with van der Waals surface area (Å²) in [5, 5.41) is 15.3. The van der Waals surface area contributed by atoms with Gasteiger partial charge in [-0.3, -0.25) is 9.89 Å². The first-order chi connectivity index (χ1) is 9.33. The van der Waals surface area contributed by atoms with Gasteiger partial charge in [0.15, 0.2) is 5.82 Å². The number of anilines is 1. The van der Waals surface area contributed by atoms with Gasteiger partial charge in [0.1, 0.15) is 0 Å². The van der Waals surface area contributed by atoms with Gasteiger partial charge in [-0.1, -0.05) is 6.07 Å². The fourth-order valence-corrected chi connectivity index (χ4v) is 2.95. The highest BCUT2D eigenvalue weighted by Gasteiger charge is 2.21. The summed E-state index contributed by atoms with van der Waals surface area (Å²) in [4.78, 5) is 13.2. The van der Waals surface area contributed by atoms with Crippen LogP contribution < -0.4 is 10.6 Å². The van der Waals surface area contributed by atoms with Gasteiger partial charge in [0.2, 0.25) is 5.91 Å². The molecule has 6 heteroatoms.